The average Bonchev–Trinajstić information content (AvgIpc) is 3.71. The summed E-state index contributed by atoms with van der Waals surface area (Å²) in [5.41, 5.74) is -2.49. The summed E-state index contributed by atoms with van der Waals surface area (Å²) in [4.78, 5) is 32.6. The number of nitriles is 1. The summed E-state index contributed by atoms with van der Waals surface area (Å²) in [6.45, 7) is 6.26. The molecule has 0 radical (unpaired) electrons. The first-order valence-electron chi connectivity index (χ1n) is 16.8. The first-order chi connectivity index (χ1) is 22.6. The number of carbonyl (C=O) groups excluding carboxylic acids is 2. The van der Waals surface area contributed by atoms with Crippen LogP contribution in [0.4, 0.5) is 4.39 Å². The van der Waals surface area contributed by atoms with Gasteiger partial charge >= 0.3 is 0 Å². The molecule has 0 unspecified atom stereocenters. The zero-order valence-electron chi connectivity index (χ0n) is 27.5. The van der Waals surface area contributed by atoms with Crippen molar-refractivity contribution >= 4 is 17.3 Å². The van der Waals surface area contributed by atoms with Gasteiger partial charge in [-0.3, -0.25) is 19.4 Å². The van der Waals surface area contributed by atoms with Crippen LogP contribution in [0.15, 0.2) is 10.1 Å². The number of benzene rings is 1. The van der Waals surface area contributed by atoms with E-state index in [0.717, 1.165) is 38.8 Å². The highest BCUT2D eigenvalue weighted by atomic mass is 19.1. The third kappa shape index (κ3) is 5.23. The largest absolute Gasteiger partial charge is 0.507 e. The van der Waals surface area contributed by atoms with E-state index in [0.29, 0.717) is 12.8 Å². The van der Waals surface area contributed by atoms with Crippen molar-refractivity contribution in [2.24, 2.45) is 11.8 Å². The molecule has 4 aliphatic rings. The molecule has 2 N–H and O–H groups in total. The second-order valence-corrected chi connectivity index (χ2v) is 13.4. The second-order valence-electron chi connectivity index (χ2n) is 13.4. The molecule has 12 heteroatoms. The summed E-state index contributed by atoms with van der Waals surface area (Å²) in [6, 6.07) is 1.39. The van der Waals surface area contributed by atoms with Gasteiger partial charge in [0.25, 0.3) is 5.88 Å². The third-order valence-electron chi connectivity index (χ3n) is 10.2. The van der Waals surface area contributed by atoms with E-state index < -0.39 is 46.6 Å². The molecule has 4 atom stereocenters. The summed E-state index contributed by atoms with van der Waals surface area (Å²) in [5, 5.41) is 38.5. The molecule has 252 valence electrons. The summed E-state index contributed by atoms with van der Waals surface area (Å²) < 4.78 is 34.2. The molecule has 1 aromatic heterocycles. The highest BCUT2D eigenvalue weighted by Crippen LogP contribution is 2.56. The molecule has 11 nitrogen and oxygen atoms in total. The van der Waals surface area contributed by atoms with E-state index in [4.69, 9.17) is 14.0 Å². The minimum atomic E-state index is -2.57. The van der Waals surface area contributed by atoms with Gasteiger partial charge in [-0.25, -0.2) is 4.39 Å². The smallest absolute Gasteiger partial charge is 0.265 e. The number of carbonyl (C=O) groups is 2. The number of aliphatic hydroxyl groups excluding tert-OH is 1. The Hall–Kier alpha value is -3.79. The predicted molar refractivity (Wildman–Crippen MR) is 169 cm³/mol. The topological polar surface area (TPSA) is 149 Å². The summed E-state index contributed by atoms with van der Waals surface area (Å²) >= 11 is 0. The Kier molecular flexibility index (Phi) is 9.17. The summed E-state index contributed by atoms with van der Waals surface area (Å²) in [5.74, 6) is -4.56. The number of fused-ring (bicyclic) bond motifs is 4. The predicted octanol–water partition coefficient (Wildman–Crippen LogP) is 4.90. The molecular formula is C35H43FN4O7. The van der Waals surface area contributed by atoms with Gasteiger partial charge in [-0.15, -0.1) is 0 Å². The molecule has 2 aromatic rings. The molecule has 0 bridgehead atoms. The number of ketones is 2. The van der Waals surface area contributed by atoms with Crippen LogP contribution in [0.2, 0.25) is 0 Å². The zero-order valence-corrected chi connectivity index (χ0v) is 27.5. The number of hydrogen-bond acceptors (Lipinski definition) is 11. The first kappa shape index (κ1) is 33.1. The van der Waals surface area contributed by atoms with Crippen molar-refractivity contribution in [3.8, 4) is 17.7 Å². The van der Waals surface area contributed by atoms with Crippen LogP contribution in [0.5, 0.6) is 11.6 Å². The van der Waals surface area contributed by atoms with Crippen LogP contribution in [0.1, 0.15) is 103 Å². The fourth-order valence-electron chi connectivity index (χ4n) is 7.86. The number of likely N-dealkylation sites (tertiary alicyclic amines) is 1. The summed E-state index contributed by atoms with van der Waals surface area (Å²) in [6.07, 6.45) is 5.07. The van der Waals surface area contributed by atoms with Gasteiger partial charge in [-0.1, -0.05) is 26.7 Å². The Labute approximate surface area is 273 Å². The summed E-state index contributed by atoms with van der Waals surface area (Å²) in [7, 11) is 3.50. The van der Waals surface area contributed by atoms with Crippen LogP contribution in [0.3, 0.4) is 0 Å². The number of aromatic nitrogens is 1. The standard InChI is InChI=1S/C35H43FN4O7/c1-5-7-13-45-30-21(17-37)22(18-40-11-9-10-12-40)27(36)20-15-19-16-23-28(39(3)4)31-26(34(38-47-31)46-14-8-6-2)33(43)35(23,44)32(42)24(19)29(41)25(20)30/h19,23,28,41,44H,5-16,18H2,1-4H3/t19-,23-,28-,35-/m0/s1. The van der Waals surface area contributed by atoms with Crippen LogP contribution in [-0.4, -0.2) is 82.7 Å². The molecule has 6 rings (SSSR count). The van der Waals surface area contributed by atoms with Crippen LogP contribution in [-0.2, 0) is 17.8 Å². The van der Waals surface area contributed by atoms with Crippen molar-refractivity contribution in [1.82, 2.24) is 15.0 Å². The zero-order chi connectivity index (χ0) is 33.6. The maximum absolute atomic E-state index is 16.7. The molecular weight excluding hydrogens is 607 g/mol. The van der Waals surface area contributed by atoms with E-state index in [1.165, 1.54) is 0 Å². The fourth-order valence-corrected chi connectivity index (χ4v) is 7.86. The number of unbranched alkanes of at least 4 members (excludes halogenated alkanes) is 2. The molecule has 1 saturated heterocycles. The maximum Gasteiger partial charge on any atom is 0.265 e. The molecule has 0 amide bonds. The molecule has 1 saturated carbocycles. The van der Waals surface area contributed by atoms with Crippen molar-refractivity contribution in [3.05, 3.63) is 45.0 Å². The molecule has 2 fully saturated rings. The number of Topliss-reactive ketones (excluding diaryl/α,β-unsaturated/α-hetero) is 2. The van der Waals surface area contributed by atoms with Gasteiger partial charge in [0.1, 0.15) is 34.5 Å². The lowest BCUT2D eigenvalue weighted by Crippen LogP contribution is -2.63. The van der Waals surface area contributed by atoms with Gasteiger partial charge in [0.2, 0.25) is 11.6 Å². The number of nitrogens with zero attached hydrogens (tertiary/aromatic N) is 4. The van der Waals surface area contributed by atoms with E-state index in [1.807, 2.05) is 13.8 Å². The molecule has 47 heavy (non-hydrogen) atoms. The van der Waals surface area contributed by atoms with E-state index in [1.54, 1.807) is 19.0 Å². The lowest BCUT2D eigenvalue weighted by atomic mass is 9.57. The number of aliphatic hydroxyl groups is 2. The number of ether oxygens (including phenoxy) is 2. The second kappa shape index (κ2) is 13.0. The van der Waals surface area contributed by atoms with Crippen molar-refractivity contribution in [1.29, 1.82) is 5.26 Å². The molecule has 0 spiro atoms. The lowest BCUT2D eigenvalue weighted by Gasteiger charge is -2.49. The Morgan fingerprint density at radius 3 is 2.43 bits per heavy atom. The van der Waals surface area contributed by atoms with Crippen LogP contribution >= 0.6 is 0 Å². The first-order valence-corrected chi connectivity index (χ1v) is 16.8. The highest BCUT2D eigenvalue weighted by Gasteiger charge is 2.65. The third-order valence-corrected chi connectivity index (χ3v) is 10.2. The van der Waals surface area contributed by atoms with E-state index in [2.05, 4.69) is 16.1 Å². The number of rotatable bonds is 11. The quantitative estimate of drug-likeness (QED) is 0.253. The van der Waals surface area contributed by atoms with Crippen LogP contribution in [0.25, 0.3) is 5.76 Å². The number of hydrogen-bond donors (Lipinski definition) is 2. The van der Waals surface area contributed by atoms with Gasteiger partial charge in [0.15, 0.2) is 11.4 Å². The van der Waals surface area contributed by atoms with Crippen molar-refractivity contribution in [2.75, 3.05) is 40.4 Å². The Morgan fingerprint density at radius 1 is 1.11 bits per heavy atom. The fraction of sp³-hybridized carbons (Fsp3) is 0.600. The molecule has 2 heterocycles. The lowest BCUT2D eigenvalue weighted by molar-refractivity contribution is -0.142. The Morgan fingerprint density at radius 2 is 1.79 bits per heavy atom. The normalized spacial score (nSPS) is 25.4. The van der Waals surface area contributed by atoms with E-state index in [9.17, 15) is 25.1 Å². The average molecular weight is 651 g/mol. The van der Waals surface area contributed by atoms with Crippen molar-refractivity contribution < 1.29 is 38.2 Å². The molecule has 1 aliphatic heterocycles. The highest BCUT2D eigenvalue weighted by molar-refractivity contribution is 6.26. The minimum Gasteiger partial charge on any atom is -0.507 e. The Bertz CT molecular complexity index is 1650. The van der Waals surface area contributed by atoms with E-state index in [-0.39, 0.29) is 83.4 Å². The van der Waals surface area contributed by atoms with Gasteiger partial charge in [0, 0.05) is 29.2 Å². The molecule has 3 aliphatic carbocycles. The SMILES string of the molecule is CCCCOc1noc2c1C(=O)[C@@]1(O)C(=O)C3=C(O)c4c(c(F)c(CN5CCCC5)c(C#N)c4OCCCC)C[C@H]3C[C@H]1[C@@H]2N(C)C. The number of halogens is 1. The van der Waals surface area contributed by atoms with Crippen LogP contribution < -0.4 is 9.47 Å². The maximum atomic E-state index is 16.7. The van der Waals surface area contributed by atoms with Crippen molar-refractivity contribution in [3.63, 3.8) is 0 Å². The van der Waals surface area contributed by atoms with Gasteiger partial charge in [-0.2, -0.15) is 5.26 Å². The van der Waals surface area contributed by atoms with Crippen LogP contribution in [0, 0.1) is 29.0 Å². The monoisotopic (exact) mass is 650 g/mol. The van der Waals surface area contributed by atoms with Gasteiger partial charge < -0.3 is 24.2 Å². The van der Waals surface area contributed by atoms with Gasteiger partial charge in [-0.05, 0) is 76.8 Å². The minimum absolute atomic E-state index is 0.0147. The van der Waals surface area contributed by atoms with E-state index >= 15 is 4.39 Å². The van der Waals surface area contributed by atoms with Crippen molar-refractivity contribution in [2.45, 2.75) is 83.4 Å². The van der Waals surface area contributed by atoms with Gasteiger partial charge in [0.05, 0.1) is 24.8 Å². The molecule has 1 aromatic carbocycles. The Balaban J connectivity index is 1.50.